The summed E-state index contributed by atoms with van der Waals surface area (Å²) in [5, 5.41) is 8.95. The maximum Gasteiger partial charge on any atom is 0.0663 e. The van der Waals surface area contributed by atoms with Crippen LogP contribution < -0.4 is 5.73 Å². The van der Waals surface area contributed by atoms with E-state index in [9.17, 15) is 0 Å². The van der Waals surface area contributed by atoms with E-state index in [0.29, 0.717) is 17.1 Å². The van der Waals surface area contributed by atoms with Gasteiger partial charge in [-0.15, -0.1) is 0 Å². The van der Waals surface area contributed by atoms with Crippen LogP contribution in [0.25, 0.3) is 6.08 Å². The lowest BCUT2D eigenvalue weighted by molar-refractivity contribution is 1.36. The van der Waals surface area contributed by atoms with Gasteiger partial charge in [0.25, 0.3) is 0 Å². The molecule has 0 aromatic heterocycles. The van der Waals surface area contributed by atoms with Gasteiger partial charge in [-0.3, -0.25) is 0 Å². The maximum atomic E-state index is 8.31. The lowest BCUT2D eigenvalue weighted by Crippen LogP contribution is -1.87. The van der Waals surface area contributed by atoms with Crippen molar-refractivity contribution in [3.8, 4) is 6.07 Å². The van der Waals surface area contributed by atoms with Crippen molar-refractivity contribution >= 4 is 23.4 Å². The molecule has 1 aromatic rings. The van der Waals surface area contributed by atoms with Crippen LogP contribution >= 0.6 is 11.6 Å². The number of hydrogen-bond donors (Lipinski definition) is 1. The number of nitriles is 1. The van der Waals surface area contributed by atoms with E-state index < -0.39 is 0 Å². The third kappa shape index (κ3) is 2.81. The van der Waals surface area contributed by atoms with Gasteiger partial charge in [0.15, 0.2) is 0 Å². The number of anilines is 1. The molecule has 66 valence electrons. The summed E-state index contributed by atoms with van der Waals surface area (Å²) in [5.74, 6) is 0. The van der Waals surface area contributed by atoms with Crippen LogP contribution in [-0.2, 0) is 0 Å². The Hall–Kier alpha value is -1.46. The van der Waals surface area contributed by atoms with E-state index in [1.54, 1.807) is 30.4 Å². The molecular weight excluding hydrogens is 184 g/mol. The highest BCUT2D eigenvalue weighted by Gasteiger charge is 1.94. The molecule has 0 aliphatic heterocycles. The highest BCUT2D eigenvalue weighted by atomic mass is 35.5. The SMILES string of the molecule is N#CCC=Cc1cc(Cl)ccc1N. The second kappa shape index (κ2) is 4.54. The summed E-state index contributed by atoms with van der Waals surface area (Å²) in [6.07, 6.45) is 3.93. The molecule has 3 heteroatoms. The topological polar surface area (TPSA) is 49.8 Å². The van der Waals surface area contributed by atoms with E-state index >= 15 is 0 Å². The number of hydrogen-bond acceptors (Lipinski definition) is 2. The van der Waals surface area contributed by atoms with Crippen molar-refractivity contribution in [2.24, 2.45) is 0 Å². The predicted molar refractivity (Wildman–Crippen MR) is 55.1 cm³/mol. The molecule has 0 heterocycles. The molecule has 1 aromatic carbocycles. The van der Waals surface area contributed by atoms with Crippen LogP contribution in [0.3, 0.4) is 0 Å². The summed E-state index contributed by atoms with van der Waals surface area (Å²) in [6, 6.07) is 7.26. The Morgan fingerprint density at radius 1 is 1.54 bits per heavy atom. The van der Waals surface area contributed by atoms with E-state index in [1.165, 1.54) is 0 Å². The van der Waals surface area contributed by atoms with Crippen LogP contribution in [-0.4, -0.2) is 0 Å². The average molecular weight is 193 g/mol. The first-order valence-electron chi connectivity index (χ1n) is 3.82. The molecular formula is C10H9ClN2. The quantitative estimate of drug-likeness (QED) is 0.733. The Balaban J connectivity index is 2.88. The third-order valence-corrected chi connectivity index (χ3v) is 1.79. The highest BCUT2D eigenvalue weighted by Crippen LogP contribution is 2.19. The fourth-order valence-corrected chi connectivity index (χ4v) is 1.11. The summed E-state index contributed by atoms with van der Waals surface area (Å²) in [7, 11) is 0. The maximum absolute atomic E-state index is 8.31. The van der Waals surface area contributed by atoms with Gasteiger partial charge >= 0.3 is 0 Å². The van der Waals surface area contributed by atoms with Gasteiger partial charge in [0.1, 0.15) is 0 Å². The monoisotopic (exact) mass is 192 g/mol. The lowest BCUT2D eigenvalue weighted by atomic mass is 10.1. The molecule has 0 aliphatic carbocycles. The largest absolute Gasteiger partial charge is 0.398 e. The molecule has 0 unspecified atom stereocenters. The van der Waals surface area contributed by atoms with Crippen molar-refractivity contribution in [1.29, 1.82) is 5.26 Å². The van der Waals surface area contributed by atoms with Gasteiger partial charge in [-0.05, 0) is 23.8 Å². The molecule has 2 N–H and O–H groups in total. The van der Waals surface area contributed by atoms with Crippen molar-refractivity contribution in [3.63, 3.8) is 0 Å². The van der Waals surface area contributed by atoms with Gasteiger partial charge < -0.3 is 5.73 Å². The van der Waals surface area contributed by atoms with Crippen LogP contribution in [0.15, 0.2) is 24.3 Å². The average Bonchev–Trinajstić information content (AvgIpc) is 2.11. The minimum Gasteiger partial charge on any atom is -0.398 e. The van der Waals surface area contributed by atoms with E-state index in [1.807, 2.05) is 6.07 Å². The second-order valence-electron chi connectivity index (χ2n) is 2.54. The number of halogens is 1. The lowest BCUT2D eigenvalue weighted by Gasteiger charge is -1.99. The zero-order chi connectivity index (χ0) is 9.68. The Bertz CT molecular complexity index is 364. The standard InChI is InChI=1S/C10H9ClN2/c11-9-4-5-10(13)8(7-9)3-1-2-6-12/h1,3-5,7H,2,13H2. The molecule has 0 saturated heterocycles. The number of rotatable bonds is 2. The Morgan fingerprint density at radius 3 is 3.00 bits per heavy atom. The van der Waals surface area contributed by atoms with Gasteiger partial charge in [-0.1, -0.05) is 23.8 Å². The second-order valence-corrected chi connectivity index (χ2v) is 2.97. The van der Waals surface area contributed by atoms with Gasteiger partial charge in [-0.2, -0.15) is 5.26 Å². The minimum atomic E-state index is 0.381. The van der Waals surface area contributed by atoms with Crippen LogP contribution in [0.5, 0.6) is 0 Å². The highest BCUT2D eigenvalue weighted by molar-refractivity contribution is 6.30. The molecule has 1 rings (SSSR count). The Morgan fingerprint density at radius 2 is 2.31 bits per heavy atom. The zero-order valence-corrected chi connectivity index (χ0v) is 7.75. The number of nitrogens with two attached hydrogens (primary N) is 1. The van der Waals surface area contributed by atoms with Crippen LogP contribution in [0.4, 0.5) is 5.69 Å². The summed E-state index contributed by atoms with van der Waals surface area (Å²) in [5.41, 5.74) is 7.19. The Kier molecular flexibility index (Phi) is 3.36. The number of benzene rings is 1. The molecule has 0 aliphatic rings. The number of nitrogen functional groups attached to an aromatic ring is 1. The molecule has 0 amide bonds. The van der Waals surface area contributed by atoms with E-state index in [0.717, 1.165) is 5.56 Å². The first-order chi connectivity index (χ1) is 6.24. The van der Waals surface area contributed by atoms with Crippen LogP contribution in [0.2, 0.25) is 5.02 Å². The van der Waals surface area contributed by atoms with E-state index in [4.69, 9.17) is 22.6 Å². The molecule has 0 bridgehead atoms. The summed E-state index contributed by atoms with van der Waals surface area (Å²) >= 11 is 5.78. The van der Waals surface area contributed by atoms with Gasteiger partial charge in [0.05, 0.1) is 12.5 Å². The van der Waals surface area contributed by atoms with Gasteiger partial charge in [0, 0.05) is 10.7 Å². The summed E-state index contributed by atoms with van der Waals surface area (Å²) in [6.45, 7) is 0. The Labute approximate surface area is 82.2 Å². The molecule has 0 atom stereocenters. The zero-order valence-electron chi connectivity index (χ0n) is 7.00. The smallest absolute Gasteiger partial charge is 0.0663 e. The fourth-order valence-electron chi connectivity index (χ4n) is 0.929. The number of allylic oxidation sites excluding steroid dienone is 1. The summed E-state index contributed by atoms with van der Waals surface area (Å²) in [4.78, 5) is 0. The van der Waals surface area contributed by atoms with Crippen LogP contribution in [0.1, 0.15) is 12.0 Å². The predicted octanol–water partition coefficient (Wildman–Crippen LogP) is 2.85. The molecule has 2 nitrogen and oxygen atoms in total. The van der Waals surface area contributed by atoms with Crippen molar-refractivity contribution in [2.45, 2.75) is 6.42 Å². The molecule has 0 spiro atoms. The van der Waals surface area contributed by atoms with Crippen molar-refractivity contribution in [2.75, 3.05) is 5.73 Å². The summed E-state index contributed by atoms with van der Waals surface area (Å²) < 4.78 is 0. The molecule has 13 heavy (non-hydrogen) atoms. The normalized spacial score (nSPS) is 10.2. The van der Waals surface area contributed by atoms with Crippen molar-refractivity contribution < 1.29 is 0 Å². The molecule has 0 fully saturated rings. The minimum absolute atomic E-state index is 0.381. The van der Waals surface area contributed by atoms with Crippen molar-refractivity contribution in [1.82, 2.24) is 0 Å². The van der Waals surface area contributed by atoms with Gasteiger partial charge in [0.2, 0.25) is 0 Å². The first-order valence-corrected chi connectivity index (χ1v) is 4.20. The van der Waals surface area contributed by atoms with E-state index in [-0.39, 0.29) is 0 Å². The van der Waals surface area contributed by atoms with Crippen LogP contribution in [0, 0.1) is 11.3 Å². The van der Waals surface area contributed by atoms with E-state index in [2.05, 4.69) is 0 Å². The molecule has 0 radical (unpaired) electrons. The fraction of sp³-hybridized carbons (Fsp3) is 0.100. The molecule has 0 saturated carbocycles. The van der Waals surface area contributed by atoms with Gasteiger partial charge in [-0.25, -0.2) is 0 Å². The van der Waals surface area contributed by atoms with Crippen molar-refractivity contribution in [3.05, 3.63) is 34.9 Å². The number of nitrogens with zero attached hydrogens (tertiary/aromatic N) is 1. The first kappa shape index (κ1) is 9.63. The third-order valence-electron chi connectivity index (χ3n) is 1.56.